The Labute approximate surface area is 288 Å². The average Bonchev–Trinajstić information content (AvgIpc) is 3.58. The minimum Gasteiger partial charge on any atom is -0.459 e. The van der Waals surface area contributed by atoms with Crippen molar-refractivity contribution < 1.29 is 28.9 Å². The van der Waals surface area contributed by atoms with Crippen molar-refractivity contribution >= 4 is 11.9 Å². The van der Waals surface area contributed by atoms with Crippen LogP contribution >= 0.6 is 0 Å². The lowest BCUT2D eigenvalue weighted by Gasteiger charge is -2.38. The van der Waals surface area contributed by atoms with Gasteiger partial charge in [0.2, 0.25) is 0 Å². The van der Waals surface area contributed by atoms with Crippen LogP contribution in [0.5, 0.6) is 0 Å². The number of hydrogen-bond donors (Lipinski definition) is 2. The fourth-order valence-electron chi connectivity index (χ4n) is 6.53. The third-order valence-corrected chi connectivity index (χ3v) is 8.97. The predicted molar refractivity (Wildman–Crippen MR) is 186 cm³/mol. The van der Waals surface area contributed by atoms with Gasteiger partial charge in [0.1, 0.15) is 11.6 Å². The number of rotatable bonds is 10. The van der Waals surface area contributed by atoms with Crippen LogP contribution in [0.3, 0.4) is 0 Å². The van der Waals surface area contributed by atoms with E-state index in [2.05, 4.69) is 27.3 Å². The first-order valence-corrected chi connectivity index (χ1v) is 17.0. The fraction of sp³-hybridized carbons (Fsp3) is 0.375. The molecular formula is C40H45N3O6. The molecule has 0 bridgehead atoms. The molecule has 9 nitrogen and oxygen atoms in total. The molecule has 0 radical (unpaired) electrons. The van der Waals surface area contributed by atoms with E-state index in [1.54, 1.807) is 24.5 Å². The van der Waals surface area contributed by atoms with Crippen LogP contribution in [-0.4, -0.2) is 57.7 Å². The van der Waals surface area contributed by atoms with Crippen molar-refractivity contribution in [1.29, 1.82) is 0 Å². The molecule has 2 saturated heterocycles. The molecule has 2 aliphatic rings. The summed E-state index contributed by atoms with van der Waals surface area (Å²) in [6.45, 7) is 7.44. The number of esters is 1. The normalized spacial score (nSPS) is 21.3. The summed E-state index contributed by atoms with van der Waals surface area (Å²) in [6.07, 6.45) is 4.48. The van der Waals surface area contributed by atoms with Crippen molar-refractivity contribution in [2.24, 2.45) is 0 Å². The number of amides is 1. The standard InChI is InChI=1S/C40H45N3O6/c1-40(2,3)49-38(46)35-11-7-21-43(35)25-33-22-36(29-14-12-27(26-44)13-15-29)48-39(47-33)30-18-16-28(17-19-30)34-10-5-4-8-31(34)24-42-37(45)32-9-6-20-41-23-32/h4-6,8-10,12-20,23,33,35-36,39,44H,7,11,21-22,24-26H2,1-3H3,(H,42,45). The molecule has 4 atom stereocenters. The van der Waals surface area contributed by atoms with Crippen molar-refractivity contribution in [2.75, 3.05) is 13.1 Å². The second kappa shape index (κ2) is 15.4. The smallest absolute Gasteiger partial charge is 0.323 e. The number of aliphatic hydroxyl groups excluding tert-OH is 1. The van der Waals surface area contributed by atoms with Gasteiger partial charge in [-0.15, -0.1) is 0 Å². The van der Waals surface area contributed by atoms with E-state index in [9.17, 15) is 14.7 Å². The third-order valence-electron chi connectivity index (χ3n) is 8.97. The van der Waals surface area contributed by atoms with Crippen LogP contribution in [0.15, 0.2) is 97.3 Å². The number of benzene rings is 3. The third kappa shape index (κ3) is 8.80. The van der Waals surface area contributed by atoms with E-state index in [0.717, 1.165) is 52.8 Å². The maximum absolute atomic E-state index is 13.1. The van der Waals surface area contributed by atoms with E-state index in [0.29, 0.717) is 25.1 Å². The number of ether oxygens (including phenoxy) is 3. The first-order chi connectivity index (χ1) is 23.7. The molecule has 0 aliphatic carbocycles. The Kier molecular flexibility index (Phi) is 10.8. The Morgan fingerprint density at radius 3 is 2.43 bits per heavy atom. The van der Waals surface area contributed by atoms with Crippen LogP contribution in [0.2, 0.25) is 0 Å². The van der Waals surface area contributed by atoms with Gasteiger partial charge in [-0.3, -0.25) is 19.5 Å². The number of aromatic nitrogens is 1. The van der Waals surface area contributed by atoms with E-state index in [-0.39, 0.29) is 36.7 Å². The Hall–Kier alpha value is -4.41. The molecule has 0 spiro atoms. The van der Waals surface area contributed by atoms with E-state index < -0.39 is 11.9 Å². The van der Waals surface area contributed by atoms with Crippen LogP contribution in [0.1, 0.15) is 85.0 Å². The predicted octanol–water partition coefficient (Wildman–Crippen LogP) is 6.52. The van der Waals surface area contributed by atoms with Crippen LogP contribution in [0.25, 0.3) is 11.1 Å². The molecule has 49 heavy (non-hydrogen) atoms. The Morgan fingerprint density at radius 1 is 0.959 bits per heavy atom. The largest absolute Gasteiger partial charge is 0.459 e. The van der Waals surface area contributed by atoms with Crippen molar-refractivity contribution in [3.8, 4) is 11.1 Å². The van der Waals surface area contributed by atoms with Crippen molar-refractivity contribution in [2.45, 2.75) is 83.3 Å². The lowest BCUT2D eigenvalue weighted by atomic mass is 9.97. The highest BCUT2D eigenvalue weighted by atomic mass is 16.7. The number of nitrogens with zero attached hydrogens (tertiary/aromatic N) is 2. The topological polar surface area (TPSA) is 110 Å². The number of nitrogens with one attached hydrogen (secondary N) is 1. The van der Waals surface area contributed by atoms with Gasteiger partial charge >= 0.3 is 5.97 Å². The van der Waals surface area contributed by atoms with Gasteiger partial charge in [0.05, 0.1) is 24.4 Å². The van der Waals surface area contributed by atoms with Gasteiger partial charge in [-0.2, -0.15) is 0 Å². The highest BCUT2D eigenvalue weighted by molar-refractivity contribution is 5.93. The van der Waals surface area contributed by atoms with E-state index >= 15 is 0 Å². The van der Waals surface area contributed by atoms with E-state index in [4.69, 9.17) is 14.2 Å². The number of aliphatic hydroxyl groups is 1. The lowest BCUT2D eigenvalue weighted by Crippen LogP contribution is -2.45. The van der Waals surface area contributed by atoms with Gasteiger partial charge in [-0.1, -0.05) is 72.8 Å². The van der Waals surface area contributed by atoms with Gasteiger partial charge in [-0.25, -0.2) is 0 Å². The second-order valence-electron chi connectivity index (χ2n) is 13.7. The molecule has 1 amide bonds. The number of pyridine rings is 1. The number of carbonyl (C=O) groups excluding carboxylic acids is 2. The van der Waals surface area contributed by atoms with Gasteiger partial charge in [0, 0.05) is 37.5 Å². The van der Waals surface area contributed by atoms with E-state index in [1.165, 1.54) is 0 Å². The first-order valence-electron chi connectivity index (χ1n) is 17.0. The molecule has 1 aromatic heterocycles. The van der Waals surface area contributed by atoms with Crippen LogP contribution in [0.4, 0.5) is 0 Å². The zero-order valence-electron chi connectivity index (χ0n) is 28.4. The second-order valence-corrected chi connectivity index (χ2v) is 13.7. The SMILES string of the molecule is CC(C)(C)OC(=O)C1CCCN1CC1CC(c2ccc(CO)cc2)OC(c2ccc(-c3ccccc3CNC(=O)c3cccnc3)cc2)O1. The van der Waals surface area contributed by atoms with Crippen LogP contribution in [0, 0.1) is 0 Å². The summed E-state index contributed by atoms with van der Waals surface area (Å²) in [5.41, 5.74) is 5.74. The quantitative estimate of drug-likeness (QED) is 0.185. The molecule has 256 valence electrons. The summed E-state index contributed by atoms with van der Waals surface area (Å²) in [6, 6.07) is 27.2. The zero-order valence-corrected chi connectivity index (χ0v) is 28.4. The Bertz CT molecular complexity index is 1700. The molecule has 2 fully saturated rings. The molecule has 0 saturated carbocycles. The minimum atomic E-state index is -0.619. The maximum atomic E-state index is 13.1. The van der Waals surface area contributed by atoms with Gasteiger partial charge in [0.25, 0.3) is 5.91 Å². The van der Waals surface area contributed by atoms with E-state index in [1.807, 2.05) is 81.4 Å². The molecule has 3 heterocycles. The number of carbonyl (C=O) groups is 2. The van der Waals surface area contributed by atoms with Crippen molar-refractivity contribution in [3.05, 3.63) is 125 Å². The van der Waals surface area contributed by atoms with Gasteiger partial charge in [0.15, 0.2) is 6.29 Å². The molecule has 4 unspecified atom stereocenters. The van der Waals surface area contributed by atoms with Crippen LogP contribution < -0.4 is 5.32 Å². The number of likely N-dealkylation sites (tertiary alicyclic amines) is 1. The molecule has 9 heteroatoms. The average molecular weight is 664 g/mol. The zero-order chi connectivity index (χ0) is 34.4. The van der Waals surface area contributed by atoms with Gasteiger partial charge < -0.3 is 24.6 Å². The summed E-state index contributed by atoms with van der Waals surface area (Å²) in [5, 5.41) is 12.6. The highest BCUT2D eigenvalue weighted by Gasteiger charge is 2.39. The Balaban J connectivity index is 1.19. The maximum Gasteiger partial charge on any atom is 0.323 e. The number of hydrogen-bond acceptors (Lipinski definition) is 8. The van der Waals surface area contributed by atoms with Crippen molar-refractivity contribution in [3.63, 3.8) is 0 Å². The summed E-state index contributed by atoms with van der Waals surface area (Å²) in [4.78, 5) is 32.0. The molecule has 2 N–H and O–H groups in total. The summed E-state index contributed by atoms with van der Waals surface area (Å²) in [5.74, 6) is -0.358. The minimum absolute atomic E-state index is 0.0203. The molecule has 2 aliphatic heterocycles. The monoisotopic (exact) mass is 663 g/mol. The summed E-state index contributed by atoms with van der Waals surface area (Å²) in [7, 11) is 0. The molecule has 4 aromatic rings. The molecule has 6 rings (SSSR count). The highest BCUT2D eigenvalue weighted by Crippen LogP contribution is 2.39. The summed E-state index contributed by atoms with van der Waals surface area (Å²) >= 11 is 0. The molecule has 3 aromatic carbocycles. The first kappa shape index (κ1) is 34.5. The fourth-order valence-corrected chi connectivity index (χ4v) is 6.53. The molecular weight excluding hydrogens is 618 g/mol. The Morgan fingerprint density at radius 2 is 1.71 bits per heavy atom. The van der Waals surface area contributed by atoms with Crippen molar-refractivity contribution in [1.82, 2.24) is 15.2 Å². The lowest BCUT2D eigenvalue weighted by molar-refractivity contribution is -0.253. The van der Waals surface area contributed by atoms with Gasteiger partial charge in [-0.05, 0) is 80.1 Å². The summed E-state index contributed by atoms with van der Waals surface area (Å²) < 4.78 is 19.0. The van der Waals surface area contributed by atoms with Crippen LogP contribution in [-0.2, 0) is 32.2 Å².